The van der Waals surface area contributed by atoms with Crippen LogP contribution >= 0.6 is 0 Å². The van der Waals surface area contributed by atoms with Gasteiger partial charge in [0.1, 0.15) is 17.1 Å². The Labute approximate surface area is 228 Å². The molecule has 1 fully saturated rings. The number of fused-ring (bicyclic) bond motifs is 1. The summed E-state index contributed by atoms with van der Waals surface area (Å²) in [7, 11) is 1.82. The maximum atomic E-state index is 14.3. The molecule has 1 aliphatic heterocycles. The quantitative estimate of drug-likeness (QED) is 0.354. The third-order valence-corrected chi connectivity index (χ3v) is 6.87. The Balaban J connectivity index is 1.54. The molecule has 1 saturated heterocycles. The van der Waals surface area contributed by atoms with E-state index in [9.17, 15) is 9.59 Å². The maximum Gasteiger partial charge on any atom is 0.410 e. The normalized spacial score (nSPS) is 15.8. The minimum Gasteiger partial charge on any atom is -0.444 e. The molecule has 2 amide bonds. The lowest BCUT2D eigenvalue weighted by Gasteiger charge is -2.39. The van der Waals surface area contributed by atoms with Crippen LogP contribution in [0.15, 0.2) is 60.9 Å². The fourth-order valence-electron chi connectivity index (χ4n) is 5.07. The molecule has 3 heterocycles. The highest BCUT2D eigenvalue weighted by molar-refractivity contribution is 6.11. The van der Waals surface area contributed by atoms with Gasteiger partial charge in [-0.1, -0.05) is 35.5 Å². The molecule has 0 bridgehead atoms. The molecule has 2 aromatic carbocycles. The van der Waals surface area contributed by atoms with E-state index in [2.05, 4.69) is 10.3 Å². The van der Waals surface area contributed by atoms with Crippen LogP contribution in [0.2, 0.25) is 0 Å². The molecule has 0 radical (unpaired) electrons. The van der Waals surface area contributed by atoms with Crippen LogP contribution in [0, 0.1) is 6.92 Å². The summed E-state index contributed by atoms with van der Waals surface area (Å²) in [5.74, 6) is 0.435. The van der Waals surface area contributed by atoms with Crippen LogP contribution in [0.1, 0.15) is 49.5 Å². The third-order valence-electron chi connectivity index (χ3n) is 6.87. The zero-order valence-corrected chi connectivity index (χ0v) is 23.1. The van der Waals surface area contributed by atoms with Crippen molar-refractivity contribution in [3.63, 3.8) is 0 Å². The number of aryl methyl sites for hydroxylation is 2. The molecule has 1 atom stereocenters. The van der Waals surface area contributed by atoms with Crippen LogP contribution in [0.25, 0.3) is 22.0 Å². The van der Waals surface area contributed by atoms with Gasteiger partial charge in [0.25, 0.3) is 5.91 Å². The molecule has 39 heavy (non-hydrogen) atoms. The van der Waals surface area contributed by atoms with Gasteiger partial charge in [-0.2, -0.15) is 0 Å². The van der Waals surface area contributed by atoms with Gasteiger partial charge in [-0.3, -0.25) is 14.4 Å². The summed E-state index contributed by atoms with van der Waals surface area (Å²) in [5.41, 5.74) is 2.58. The minimum absolute atomic E-state index is 0.167. The maximum absolute atomic E-state index is 14.3. The van der Waals surface area contributed by atoms with E-state index >= 15 is 0 Å². The van der Waals surface area contributed by atoms with E-state index < -0.39 is 5.60 Å². The highest BCUT2D eigenvalue weighted by Crippen LogP contribution is 2.33. The van der Waals surface area contributed by atoms with Crippen molar-refractivity contribution in [1.82, 2.24) is 24.9 Å². The average molecular weight is 527 g/mol. The number of carbonyl (C=O) groups is 2. The number of benzene rings is 2. The second-order valence-electron chi connectivity index (χ2n) is 11.1. The number of aromatic nitrogens is 4. The molecule has 0 N–H and O–H groups in total. The number of carbonyl (C=O) groups excluding carboxylic acids is 2. The fraction of sp³-hybridized carbons (Fsp3) is 0.367. The molecule has 4 aromatic rings. The largest absolute Gasteiger partial charge is 0.444 e. The Morgan fingerprint density at radius 3 is 2.54 bits per heavy atom. The molecular weight excluding hydrogens is 492 g/mol. The molecule has 202 valence electrons. The molecule has 1 aliphatic rings. The van der Waals surface area contributed by atoms with Crippen molar-refractivity contribution in [2.75, 3.05) is 18.0 Å². The van der Waals surface area contributed by atoms with Gasteiger partial charge in [0.15, 0.2) is 0 Å². The molecule has 0 unspecified atom stereocenters. The van der Waals surface area contributed by atoms with E-state index in [1.165, 1.54) is 0 Å². The summed E-state index contributed by atoms with van der Waals surface area (Å²) in [6, 6.07) is 15.1. The van der Waals surface area contributed by atoms with Crippen LogP contribution in [0.5, 0.6) is 0 Å². The van der Waals surface area contributed by atoms with Gasteiger partial charge in [-0.25, -0.2) is 9.78 Å². The zero-order valence-electron chi connectivity index (χ0n) is 23.1. The van der Waals surface area contributed by atoms with Crippen LogP contribution < -0.4 is 4.90 Å². The van der Waals surface area contributed by atoms with Crippen molar-refractivity contribution in [3.05, 3.63) is 72.1 Å². The third kappa shape index (κ3) is 5.62. The Bertz CT molecular complexity index is 1500. The predicted octanol–water partition coefficient (Wildman–Crippen LogP) is 5.39. The summed E-state index contributed by atoms with van der Waals surface area (Å²) in [4.78, 5) is 35.5. The van der Waals surface area contributed by atoms with Gasteiger partial charge in [0.05, 0.1) is 12.2 Å². The van der Waals surface area contributed by atoms with Gasteiger partial charge in [0, 0.05) is 42.8 Å². The van der Waals surface area contributed by atoms with Crippen molar-refractivity contribution < 1.29 is 14.3 Å². The number of amides is 2. The first kappa shape index (κ1) is 26.3. The lowest BCUT2D eigenvalue weighted by atomic mass is 10.00. The number of anilines is 1. The van der Waals surface area contributed by atoms with Crippen molar-refractivity contribution in [2.45, 2.75) is 52.2 Å². The minimum atomic E-state index is -0.599. The monoisotopic (exact) mass is 526 g/mol. The van der Waals surface area contributed by atoms with E-state index in [4.69, 9.17) is 9.72 Å². The van der Waals surface area contributed by atoms with Crippen LogP contribution in [-0.4, -0.2) is 61.6 Å². The molecule has 9 heteroatoms. The fourth-order valence-corrected chi connectivity index (χ4v) is 5.07. The lowest BCUT2D eigenvalue weighted by Crippen LogP contribution is -2.53. The second kappa shape index (κ2) is 10.5. The van der Waals surface area contributed by atoms with Crippen molar-refractivity contribution in [3.8, 4) is 11.3 Å². The van der Waals surface area contributed by atoms with Crippen LogP contribution in [0.4, 0.5) is 10.6 Å². The summed E-state index contributed by atoms with van der Waals surface area (Å²) < 4.78 is 7.30. The molecule has 0 spiro atoms. The number of piperidine rings is 1. The lowest BCUT2D eigenvalue weighted by molar-refractivity contribution is 0.0196. The molecule has 0 saturated carbocycles. The van der Waals surface area contributed by atoms with Crippen LogP contribution in [-0.2, 0) is 11.8 Å². The first-order valence-electron chi connectivity index (χ1n) is 13.2. The second-order valence-corrected chi connectivity index (χ2v) is 11.1. The SMILES string of the molecule is Cc1cccc2ccnc(N(C(=O)c3ccc(-c4cn(C)nn4)cc3)[C@@H]3CCCN(C(=O)OC(C)(C)C)C3)c12. The Kier molecular flexibility index (Phi) is 7.08. The van der Waals surface area contributed by atoms with E-state index in [0.29, 0.717) is 24.5 Å². The van der Waals surface area contributed by atoms with Gasteiger partial charge < -0.3 is 9.64 Å². The molecule has 5 rings (SSSR count). The Morgan fingerprint density at radius 2 is 1.85 bits per heavy atom. The van der Waals surface area contributed by atoms with Crippen LogP contribution in [0.3, 0.4) is 0 Å². The van der Waals surface area contributed by atoms with E-state index in [0.717, 1.165) is 40.4 Å². The summed E-state index contributed by atoms with van der Waals surface area (Å²) >= 11 is 0. The number of ether oxygens (including phenoxy) is 1. The van der Waals surface area contributed by atoms with Gasteiger partial charge in [-0.05, 0) is 69.7 Å². The highest BCUT2D eigenvalue weighted by atomic mass is 16.6. The number of pyridine rings is 1. The smallest absolute Gasteiger partial charge is 0.410 e. The number of hydrogen-bond donors (Lipinski definition) is 0. The Morgan fingerprint density at radius 1 is 1.08 bits per heavy atom. The topological polar surface area (TPSA) is 93.5 Å². The van der Waals surface area contributed by atoms with E-state index in [1.807, 2.05) is 89.5 Å². The van der Waals surface area contributed by atoms with Gasteiger partial charge >= 0.3 is 6.09 Å². The summed E-state index contributed by atoms with van der Waals surface area (Å²) in [6.07, 6.45) is 4.70. The van der Waals surface area contributed by atoms with Gasteiger partial charge in [0.2, 0.25) is 0 Å². The first-order valence-corrected chi connectivity index (χ1v) is 13.2. The molecule has 2 aromatic heterocycles. The first-order chi connectivity index (χ1) is 18.6. The van der Waals surface area contributed by atoms with E-state index in [-0.39, 0.29) is 18.0 Å². The molecule has 0 aliphatic carbocycles. The number of rotatable bonds is 4. The summed E-state index contributed by atoms with van der Waals surface area (Å²) in [6.45, 7) is 8.55. The van der Waals surface area contributed by atoms with Crippen molar-refractivity contribution in [1.29, 1.82) is 0 Å². The summed E-state index contributed by atoms with van der Waals surface area (Å²) in [5, 5.41) is 10.1. The zero-order chi connectivity index (χ0) is 27.7. The standard InChI is InChI=1S/C30H34N6O3/c1-20-8-6-9-22-15-16-31-27(26(20)22)36(24-10-7-17-35(18-24)29(38)39-30(2,3)4)28(37)23-13-11-21(12-14-23)25-19-34(5)33-32-25/h6,8-9,11-16,19,24H,7,10,17-18H2,1-5H3/t24-/m1/s1. The van der Waals surface area contributed by atoms with Crippen molar-refractivity contribution >= 4 is 28.6 Å². The van der Waals surface area contributed by atoms with Crippen molar-refractivity contribution in [2.24, 2.45) is 7.05 Å². The van der Waals surface area contributed by atoms with E-state index in [1.54, 1.807) is 20.7 Å². The van der Waals surface area contributed by atoms with Gasteiger partial charge in [-0.15, -0.1) is 5.10 Å². The highest BCUT2D eigenvalue weighted by Gasteiger charge is 2.35. The number of hydrogen-bond acceptors (Lipinski definition) is 6. The predicted molar refractivity (Wildman–Crippen MR) is 151 cm³/mol. The Hall–Kier alpha value is -4.27. The number of nitrogens with zero attached hydrogens (tertiary/aromatic N) is 6. The molecular formula is C30H34N6O3. The molecule has 9 nitrogen and oxygen atoms in total. The average Bonchev–Trinajstić information content (AvgIpc) is 3.34. The number of likely N-dealkylation sites (tertiary alicyclic amines) is 1.